The topological polar surface area (TPSA) is 52.6 Å². The highest BCUT2D eigenvalue weighted by atomic mass is 16.2. The molecule has 6 nitrogen and oxygen atoms in total. The molecule has 4 aliphatic rings. The summed E-state index contributed by atoms with van der Waals surface area (Å²) >= 11 is 0. The Labute approximate surface area is 201 Å². The highest BCUT2D eigenvalue weighted by Gasteiger charge is 2.47. The number of amides is 1. The second-order valence-corrected chi connectivity index (χ2v) is 10.2. The van der Waals surface area contributed by atoms with Crippen LogP contribution in [0.3, 0.4) is 0 Å². The van der Waals surface area contributed by atoms with Gasteiger partial charge in [0.1, 0.15) is 0 Å². The molecule has 0 radical (unpaired) electrons. The molecule has 0 bridgehead atoms. The molecule has 1 aromatic heterocycles. The van der Waals surface area contributed by atoms with Crippen LogP contribution in [0, 0.1) is 38.5 Å². The Bertz CT molecular complexity index is 1200. The third-order valence-electron chi connectivity index (χ3n) is 7.76. The van der Waals surface area contributed by atoms with Gasteiger partial charge in [-0.2, -0.15) is 0 Å². The van der Waals surface area contributed by atoms with Crippen molar-refractivity contribution < 1.29 is 4.79 Å². The number of rotatable bonds is 3. The summed E-state index contributed by atoms with van der Waals surface area (Å²) in [6.45, 7) is 9.64. The lowest BCUT2D eigenvalue weighted by atomic mass is 9.86. The molecule has 1 aromatic carbocycles. The number of allylic oxidation sites excluding steroid dienone is 2. The Kier molecular flexibility index (Phi) is 5.05. The maximum atomic E-state index is 14.0. The molecule has 4 aliphatic heterocycles. The van der Waals surface area contributed by atoms with Gasteiger partial charge in [-0.3, -0.25) is 4.79 Å². The first-order valence-corrected chi connectivity index (χ1v) is 12.2. The van der Waals surface area contributed by atoms with Gasteiger partial charge in [-0.1, -0.05) is 36.4 Å². The summed E-state index contributed by atoms with van der Waals surface area (Å²) in [6, 6.07) is 10.5. The minimum atomic E-state index is -0.181. The molecular weight excluding hydrogens is 422 g/mol. The van der Waals surface area contributed by atoms with Crippen molar-refractivity contribution in [1.29, 1.82) is 0 Å². The molecule has 174 valence electrons. The minimum absolute atomic E-state index is 0.0488. The van der Waals surface area contributed by atoms with Gasteiger partial charge in [0.05, 0.1) is 12.0 Å². The van der Waals surface area contributed by atoms with Gasteiger partial charge < -0.3 is 14.7 Å². The molecule has 6 rings (SSSR count). The van der Waals surface area contributed by atoms with Crippen molar-refractivity contribution in [3.05, 3.63) is 83.5 Å². The number of nitrogens with zero attached hydrogens (tertiary/aromatic N) is 5. The van der Waals surface area contributed by atoms with Gasteiger partial charge >= 0.3 is 0 Å². The van der Waals surface area contributed by atoms with Crippen LogP contribution in [-0.2, 0) is 4.79 Å². The lowest BCUT2D eigenvalue weighted by Crippen LogP contribution is -2.42. The maximum absolute atomic E-state index is 14.0. The Morgan fingerprint density at radius 1 is 0.941 bits per heavy atom. The van der Waals surface area contributed by atoms with Crippen LogP contribution in [0.1, 0.15) is 22.5 Å². The van der Waals surface area contributed by atoms with Crippen molar-refractivity contribution in [2.24, 2.45) is 17.8 Å². The average molecular weight is 454 g/mol. The van der Waals surface area contributed by atoms with Crippen molar-refractivity contribution in [3.63, 3.8) is 0 Å². The van der Waals surface area contributed by atoms with Crippen LogP contribution in [0.25, 0.3) is 5.57 Å². The number of aromatic nitrogens is 2. The van der Waals surface area contributed by atoms with E-state index in [0.717, 1.165) is 49.1 Å². The molecule has 2 fully saturated rings. The SMILES string of the molecule is Cc1cc(C)nc(N2C[C@H]3CN(C(=O)C4C(c5ccccc5C)=CN5C=CC=CC45)C[C@H]3C2)n1. The number of likely N-dealkylation sites (tertiary alicyclic amines) is 1. The molecule has 2 saturated heterocycles. The highest BCUT2D eigenvalue weighted by molar-refractivity contribution is 5.95. The molecular formula is C28H31N5O. The third-order valence-corrected chi connectivity index (χ3v) is 7.76. The van der Waals surface area contributed by atoms with Gasteiger partial charge in [0.15, 0.2) is 0 Å². The molecule has 0 spiro atoms. The Hall–Kier alpha value is -3.41. The summed E-state index contributed by atoms with van der Waals surface area (Å²) in [4.78, 5) is 30.0. The molecule has 5 heterocycles. The van der Waals surface area contributed by atoms with Gasteiger partial charge in [-0.25, -0.2) is 9.97 Å². The monoisotopic (exact) mass is 453 g/mol. The Balaban J connectivity index is 1.22. The third kappa shape index (κ3) is 3.52. The lowest BCUT2D eigenvalue weighted by Gasteiger charge is -2.30. The van der Waals surface area contributed by atoms with Crippen molar-refractivity contribution >= 4 is 17.4 Å². The van der Waals surface area contributed by atoms with Crippen molar-refractivity contribution in [2.75, 3.05) is 31.1 Å². The van der Waals surface area contributed by atoms with Crippen molar-refractivity contribution in [2.45, 2.75) is 26.8 Å². The van der Waals surface area contributed by atoms with Crippen LogP contribution in [0.15, 0.2) is 61.0 Å². The summed E-state index contributed by atoms with van der Waals surface area (Å²) < 4.78 is 0. The number of benzene rings is 1. The average Bonchev–Trinajstić information content (AvgIpc) is 3.50. The van der Waals surface area contributed by atoms with Crippen LogP contribution in [0.4, 0.5) is 5.95 Å². The van der Waals surface area contributed by atoms with E-state index in [9.17, 15) is 4.79 Å². The zero-order valence-corrected chi connectivity index (χ0v) is 20.1. The predicted octanol–water partition coefficient (Wildman–Crippen LogP) is 3.72. The standard InChI is InChI=1S/C28H31N5O/c1-18-8-4-5-9-23(18)24-17-31-11-7-6-10-25(31)26(24)27(34)32-13-21-15-33(16-22(21)14-32)28-29-19(2)12-20(3)30-28/h4-12,17,21-22,25-26H,13-16H2,1-3H3/t21-,22+,25?,26?. The van der Waals surface area contributed by atoms with Crippen molar-refractivity contribution in [1.82, 2.24) is 19.8 Å². The predicted molar refractivity (Wildman–Crippen MR) is 134 cm³/mol. The van der Waals surface area contributed by atoms with Crippen LogP contribution < -0.4 is 4.90 Å². The molecule has 0 saturated carbocycles. The van der Waals surface area contributed by atoms with Gasteiger partial charge in [0, 0.05) is 61.8 Å². The van der Waals surface area contributed by atoms with Crippen LogP contribution in [-0.4, -0.2) is 57.9 Å². The van der Waals surface area contributed by atoms with Gasteiger partial charge in [0.25, 0.3) is 0 Å². The quantitative estimate of drug-likeness (QED) is 0.709. The maximum Gasteiger partial charge on any atom is 0.232 e. The first-order chi connectivity index (χ1) is 16.5. The fraction of sp³-hybridized carbons (Fsp3) is 0.393. The van der Waals surface area contributed by atoms with E-state index >= 15 is 0 Å². The first kappa shape index (κ1) is 21.1. The van der Waals surface area contributed by atoms with Gasteiger partial charge in [0.2, 0.25) is 11.9 Å². The number of hydrogen-bond donors (Lipinski definition) is 0. The summed E-state index contributed by atoms with van der Waals surface area (Å²) in [5.41, 5.74) is 5.53. The summed E-state index contributed by atoms with van der Waals surface area (Å²) in [5.74, 6) is 1.85. The van der Waals surface area contributed by atoms with Crippen LogP contribution >= 0.6 is 0 Å². The minimum Gasteiger partial charge on any atom is -0.346 e. The second-order valence-electron chi connectivity index (χ2n) is 10.2. The fourth-order valence-electron chi connectivity index (χ4n) is 6.16. The Morgan fingerprint density at radius 3 is 2.35 bits per heavy atom. The van der Waals surface area contributed by atoms with E-state index in [2.05, 4.69) is 80.4 Å². The van der Waals surface area contributed by atoms with E-state index in [1.165, 1.54) is 11.1 Å². The van der Waals surface area contributed by atoms with Gasteiger partial charge in [-0.15, -0.1) is 0 Å². The van der Waals surface area contributed by atoms with E-state index in [0.29, 0.717) is 11.8 Å². The lowest BCUT2D eigenvalue weighted by molar-refractivity contribution is -0.133. The van der Waals surface area contributed by atoms with E-state index < -0.39 is 0 Å². The van der Waals surface area contributed by atoms with Crippen molar-refractivity contribution in [3.8, 4) is 0 Å². The number of anilines is 1. The number of hydrogen-bond acceptors (Lipinski definition) is 5. The molecule has 2 aromatic rings. The van der Waals surface area contributed by atoms with Crippen LogP contribution in [0.5, 0.6) is 0 Å². The zero-order valence-electron chi connectivity index (χ0n) is 20.1. The molecule has 2 unspecified atom stereocenters. The summed E-state index contributed by atoms with van der Waals surface area (Å²) in [7, 11) is 0. The highest BCUT2D eigenvalue weighted by Crippen LogP contribution is 2.42. The smallest absolute Gasteiger partial charge is 0.232 e. The summed E-state index contributed by atoms with van der Waals surface area (Å²) in [5, 5.41) is 0. The largest absolute Gasteiger partial charge is 0.346 e. The fourth-order valence-corrected chi connectivity index (χ4v) is 6.16. The molecule has 0 aliphatic carbocycles. The van der Waals surface area contributed by atoms with E-state index in [4.69, 9.17) is 0 Å². The molecule has 0 N–H and O–H groups in total. The molecule has 6 heteroatoms. The summed E-state index contributed by atoms with van der Waals surface area (Å²) in [6.07, 6.45) is 10.5. The first-order valence-electron chi connectivity index (χ1n) is 12.2. The van der Waals surface area contributed by atoms with Crippen LogP contribution in [0.2, 0.25) is 0 Å². The Morgan fingerprint density at radius 2 is 1.65 bits per heavy atom. The zero-order chi connectivity index (χ0) is 23.4. The number of carbonyl (C=O) groups excluding carboxylic acids is 1. The van der Waals surface area contributed by atoms with E-state index in [-0.39, 0.29) is 17.9 Å². The molecule has 1 amide bonds. The van der Waals surface area contributed by atoms with E-state index in [1.807, 2.05) is 26.0 Å². The number of fused-ring (bicyclic) bond motifs is 2. The molecule has 34 heavy (non-hydrogen) atoms. The normalized spacial score (nSPS) is 27.3. The molecule has 4 atom stereocenters. The number of carbonyl (C=O) groups is 1. The number of aryl methyl sites for hydroxylation is 3. The van der Waals surface area contributed by atoms with E-state index in [1.54, 1.807) is 0 Å². The van der Waals surface area contributed by atoms with Gasteiger partial charge in [-0.05, 0) is 49.6 Å². The second kappa shape index (κ2) is 8.12.